The van der Waals surface area contributed by atoms with Crippen molar-refractivity contribution in [2.24, 2.45) is 0 Å². The van der Waals surface area contributed by atoms with Crippen molar-refractivity contribution in [3.63, 3.8) is 0 Å². The second kappa shape index (κ2) is 10.5. The molecule has 2 heterocycles. The summed E-state index contributed by atoms with van der Waals surface area (Å²) in [6.07, 6.45) is 1.49. The van der Waals surface area contributed by atoms with E-state index in [0.29, 0.717) is 13.1 Å². The van der Waals surface area contributed by atoms with Crippen molar-refractivity contribution in [3.05, 3.63) is 90.1 Å². The molecule has 1 saturated heterocycles. The molecule has 33 heavy (non-hydrogen) atoms. The van der Waals surface area contributed by atoms with Gasteiger partial charge in [0.1, 0.15) is 10.7 Å². The molecule has 6 nitrogen and oxygen atoms in total. The summed E-state index contributed by atoms with van der Waals surface area (Å²) >= 11 is 0. The van der Waals surface area contributed by atoms with Crippen molar-refractivity contribution >= 4 is 15.8 Å². The van der Waals surface area contributed by atoms with Gasteiger partial charge in [-0.3, -0.25) is 4.90 Å². The Hall–Kier alpha value is -2.74. The van der Waals surface area contributed by atoms with Crippen LogP contribution in [-0.4, -0.2) is 61.9 Å². The number of sulfonamides is 1. The van der Waals surface area contributed by atoms with Crippen LogP contribution in [0.3, 0.4) is 0 Å². The maximum Gasteiger partial charge on any atom is 0.244 e. The first-order chi connectivity index (χ1) is 16.0. The molecular formula is C26H32N4O2S. The molecule has 1 aliphatic rings. The molecule has 0 N–H and O–H groups in total. The van der Waals surface area contributed by atoms with Crippen molar-refractivity contribution in [2.75, 3.05) is 44.2 Å². The Kier molecular flexibility index (Phi) is 7.42. The first-order valence-electron chi connectivity index (χ1n) is 11.6. The predicted molar refractivity (Wildman–Crippen MR) is 133 cm³/mol. The summed E-state index contributed by atoms with van der Waals surface area (Å²) < 4.78 is 26.9. The van der Waals surface area contributed by atoms with E-state index in [1.54, 1.807) is 6.07 Å². The number of aromatic nitrogens is 1. The maximum absolute atomic E-state index is 12.7. The van der Waals surface area contributed by atoms with E-state index >= 15 is 0 Å². The van der Waals surface area contributed by atoms with Crippen molar-refractivity contribution in [3.8, 4) is 0 Å². The van der Waals surface area contributed by atoms with Gasteiger partial charge in [0.25, 0.3) is 0 Å². The fourth-order valence-electron chi connectivity index (χ4n) is 4.52. The molecule has 3 aromatic rings. The topological polar surface area (TPSA) is 56.8 Å². The van der Waals surface area contributed by atoms with Crippen LogP contribution < -0.4 is 4.90 Å². The highest BCUT2D eigenvalue weighted by Crippen LogP contribution is 2.30. The SMILES string of the molecule is CCN(CC)S(=O)(=O)c1ccc(N2CCN(C(c3ccccc3)c3ccccc3)CC2)nc1. The molecular weight excluding hydrogens is 432 g/mol. The van der Waals surface area contributed by atoms with Crippen molar-refractivity contribution in [2.45, 2.75) is 24.8 Å². The summed E-state index contributed by atoms with van der Waals surface area (Å²) in [6.45, 7) is 8.07. The maximum atomic E-state index is 12.7. The lowest BCUT2D eigenvalue weighted by molar-refractivity contribution is 0.212. The van der Waals surface area contributed by atoms with Gasteiger partial charge in [-0.15, -0.1) is 0 Å². The molecule has 0 aliphatic carbocycles. The summed E-state index contributed by atoms with van der Waals surface area (Å²) in [7, 11) is -3.49. The lowest BCUT2D eigenvalue weighted by Crippen LogP contribution is -2.48. The molecule has 0 radical (unpaired) electrons. The van der Waals surface area contributed by atoms with Gasteiger partial charge in [0.05, 0.1) is 6.04 Å². The predicted octanol–water partition coefficient (Wildman–Crippen LogP) is 4.02. The molecule has 4 rings (SSSR count). The molecule has 1 fully saturated rings. The summed E-state index contributed by atoms with van der Waals surface area (Å²) in [5.74, 6) is 0.823. The Bertz CT molecular complexity index is 1070. The van der Waals surface area contributed by atoms with E-state index in [2.05, 4.69) is 75.4 Å². The summed E-state index contributed by atoms with van der Waals surface area (Å²) in [5, 5.41) is 0. The summed E-state index contributed by atoms with van der Waals surface area (Å²) in [6, 6.07) is 25.0. The van der Waals surface area contributed by atoms with Gasteiger partial charge in [-0.05, 0) is 23.3 Å². The highest BCUT2D eigenvalue weighted by molar-refractivity contribution is 7.89. The average Bonchev–Trinajstić information content (AvgIpc) is 2.87. The molecule has 0 spiro atoms. The molecule has 0 saturated carbocycles. The molecule has 0 amide bonds. The monoisotopic (exact) mass is 464 g/mol. The number of piperazine rings is 1. The third kappa shape index (κ3) is 5.11. The highest BCUT2D eigenvalue weighted by Gasteiger charge is 2.27. The number of benzene rings is 2. The van der Waals surface area contributed by atoms with E-state index in [-0.39, 0.29) is 10.9 Å². The van der Waals surface area contributed by atoms with Crippen LogP contribution in [0.4, 0.5) is 5.82 Å². The Morgan fingerprint density at radius 1 is 0.818 bits per heavy atom. The van der Waals surface area contributed by atoms with Crippen molar-refractivity contribution in [1.82, 2.24) is 14.2 Å². The lowest BCUT2D eigenvalue weighted by atomic mass is 9.96. The zero-order chi connectivity index (χ0) is 23.3. The highest BCUT2D eigenvalue weighted by atomic mass is 32.2. The lowest BCUT2D eigenvalue weighted by Gasteiger charge is -2.40. The first kappa shape index (κ1) is 23.4. The molecule has 174 valence electrons. The Labute approximate surface area is 197 Å². The van der Waals surface area contributed by atoms with E-state index in [1.165, 1.54) is 21.6 Å². The number of pyridine rings is 1. The number of rotatable bonds is 8. The zero-order valence-electron chi connectivity index (χ0n) is 19.3. The van der Waals surface area contributed by atoms with Gasteiger partial charge in [0, 0.05) is 45.5 Å². The Morgan fingerprint density at radius 2 is 1.36 bits per heavy atom. The van der Waals surface area contributed by atoms with Crippen LogP contribution >= 0.6 is 0 Å². The number of anilines is 1. The van der Waals surface area contributed by atoms with Crippen LogP contribution in [0.25, 0.3) is 0 Å². The third-order valence-corrected chi connectivity index (χ3v) is 8.33. The molecule has 7 heteroatoms. The van der Waals surface area contributed by atoms with Crippen LogP contribution in [-0.2, 0) is 10.0 Å². The normalized spacial score (nSPS) is 15.3. The minimum absolute atomic E-state index is 0.212. The van der Waals surface area contributed by atoms with Gasteiger partial charge in [-0.1, -0.05) is 74.5 Å². The van der Waals surface area contributed by atoms with E-state index in [4.69, 9.17) is 0 Å². The third-order valence-electron chi connectivity index (χ3n) is 6.30. The fourth-order valence-corrected chi connectivity index (χ4v) is 5.92. The quantitative estimate of drug-likeness (QED) is 0.504. The van der Waals surface area contributed by atoms with Crippen LogP contribution in [0.15, 0.2) is 83.9 Å². The second-order valence-electron chi connectivity index (χ2n) is 8.19. The minimum Gasteiger partial charge on any atom is -0.354 e. The van der Waals surface area contributed by atoms with Gasteiger partial charge in [0.2, 0.25) is 10.0 Å². The Morgan fingerprint density at radius 3 is 1.82 bits per heavy atom. The smallest absolute Gasteiger partial charge is 0.244 e. The number of nitrogens with zero attached hydrogens (tertiary/aromatic N) is 4. The van der Waals surface area contributed by atoms with Gasteiger partial charge in [-0.2, -0.15) is 4.31 Å². The largest absolute Gasteiger partial charge is 0.354 e. The number of hydrogen-bond acceptors (Lipinski definition) is 5. The first-order valence-corrected chi connectivity index (χ1v) is 13.0. The molecule has 0 bridgehead atoms. The average molecular weight is 465 g/mol. The van der Waals surface area contributed by atoms with E-state index < -0.39 is 10.0 Å². The second-order valence-corrected chi connectivity index (χ2v) is 10.1. The fraction of sp³-hybridized carbons (Fsp3) is 0.346. The zero-order valence-corrected chi connectivity index (χ0v) is 20.2. The molecule has 1 aromatic heterocycles. The molecule has 1 aliphatic heterocycles. The van der Waals surface area contributed by atoms with Gasteiger partial charge < -0.3 is 4.90 Å². The molecule has 0 unspecified atom stereocenters. The van der Waals surface area contributed by atoms with Crippen LogP contribution in [0, 0.1) is 0 Å². The molecule has 2 aromatic carbocycles. The van der Waals surface area contributed by atoms with Crippen molar-refractivity contribution < 1.29 is 8.42 Å². The van der Waals surface area contributed by atoms with Crippen molar-refractivity contribution in [1.29, 1.82) is 0 Å². The minimum atomic E-state index is -3.49. The molecule has 0 atom stereocenters. The van der Waals surface area contributed by atoms with Gasteiger partial charge in [-0.25, -0.2) is 13.4 Å². The van der Waals surface area contributed by atoms with Crippen LogP contribution in [0.5, 0.6) is 0 Å². The van der Waals surface area contributed by atoms with E-state index in [0.717, 1.165) is 32.0 Å². The van der Waals surface area contributed by atoms with Gasteiger partial charge >= 0.3 is 0 Å². The summed E-state index contributed by atoms with van der Waals surface area (Å²) in [5.41, 5.74) is 2.59. The van der Waals surface area contributed by atoms with Crippen LogP contribution in [0.1, 0.15) is 31.0 Å². The summed E-state index contributed by atoms with van der Waals surface area (Å²) in [4.78, 5) is 9.51. The van der Waals surface area contributed by atoms with E-state index in [9.17, 15) is 8.42 Å². The standard InChI is InChI=1S/C26H32N4O2S/c1-3-30(4-2)33(31,32)24-15-16-25(27-21-24)28-17-19-29(20-18-28)26(22-11-7-5-8-12-22)23-13-9-6-10-14-23/h5-16,21,26H,3-4,17-20H2,1-2H3. The van der Waals surface area contributed by atoms with Gasteiger partial charge in [0.15, 0.2) is 0 Å². The Balaban J connectivity index is 1.48. The van der Waals surface area contributed by atoms with Crippen LogP contribution in [0.2, 0.25) is 0 Å². The number of hydrogen-bond donors (Lipinski definition) is 0. The van der Waals surface area contributed by atoms with E-state index in [1.807, 2.05) is 19.9 Å².